The van der Waals surface area contributed by atoms with Crippen LogP contribution in [0.2, 0.25) is 0 Å². The van der Waals surface area contributed by atoms with Crippen molar-refractivity contribution in [2.24, 2.45) is 5.92 Å². The molecule has 0 aromatic heterocycles. The molecule has 150 valence electrons. The number of nitrogens with one attached hydrogen (secondary N) is 1. The van der Waals surface area contributed by atoms with Gasteiger partial charge in [-0.05, 0) is 42.5 Å². The van der Waals surface area contributed by atoms with Gasteiger partial charge in [-0.25, -0.2) is 0 Å². The Kier molecular flexibility index (Phi) is 7.37. The number of amides is 1. The van der Waals surface area contributed by atoms with Crippen LogP contribution in [-0.2, 0) is 11.2 Å². The number of hydrogen-bond donors (Lipinski definition) is 1. The van der Waals surface area contributed by atoms with Gasteiger partial charge in [0.05, 0.1) is 24.1 Å². The van der Waals surface area contributed by atoms with Gasteiger partial charge in [0.2, 0.25) is 0 Å². The average molecular weight is 386 g/mol. The maximum atomic E-state index is 12.2. The van der Waals surface area contributed by atoms with Crippen LogP contribution in [0.25, 0.3) is 0 Å². The van der Waals surface area contributed by atoms with Crippen LogP contribution >= 0.6 is 0 Å². The lowest BCUT2D eigenvalue weighted by molar-refractivity contribution is -0.385. The van der Waals surface area contributed by atoms with Crippen molar-refractivity contribution >= 4 is 11.6 Å². The van der Waals surface area contributed by atoms with E-state index in [0.29, 0.717) is 11.7 Å². The van der Waals surface area contributed by atoms with E-state index >= 15 is 0 Å². The number of benzene rings is 2. The van der Waals surface area contributed by atoms with Crippen LogP contribution in [0.1, 0.15) is 37.9 Å². The number of methoxy groups -OCH3 is 1. The molecule has 0 bridgehead atoms. The summed E-state index contributed by atoms with van der Waals surface area (Å²) in [7, 11) is 1.42. The zero-order chi connectivity index (χ0) is 20.7. The Morgan fingerprint density at radius 2 is 1.82 bits per heavy atom. The summed E-state index contributed by atoms with van der Waals surface area (Å²) in [6.07, 6.45) is 1.01. The van der Waals surface area contributed by atoms with E-state index in [0.717, 1.165) is 12.0 Å². The number of carbonyl (C=O) groups is 1. The molecule has 0 saturated carbocycles. The summed E-state index contributed by atoms with van der Waals surface area (Å²) >= 11 is 0. The second-order valence-corrected chi connectivity index (χ2v) is 7.01. The topological polar surface area (TPSA) is 90.7 Å². The predicted molar refractivity (Wildman–Crippen MR) is 107 cm³/mol. The first-order valence-corrected chi connectivity index (χ1v) is 9.13. The molecule has 7 nitrogen and oxygen atoms in total. The molecule has 2 aromatic carbocycles. The zero-order valence-corrected chi connectivity index (χ0v) is 16.6. The molecular weight excluding hydrogens is 360 g/mol. The molecule has 1 amide bonds. The fourth-order valence-corrected chi connectivity index (χ4v) is 2.81. The number of nitro groups is 1. The summed E-state index contributed by atoms with van der Waals surface area (Å²) in [6.45, 7) is 5.90. The largest absolute Gasteiger partial charge is 0.496 e. The summed E-state index contributed by atoms with van der Waals surface area (Å²) in [4.78, 5) is 22.8. The first kappa shape index (κ1) is 21.2. The van der Waals surface area contributed by atoms with Gasteiger partial charge >= 0.3 is 5.69 Å². The summed E-state index contributed by atoms with van der Waals surface area (Å²) in [5.41, 5.74) is 1.99. The van der Waals surface area contributed by atoms with E-state index < -0.39 is 4.92 Å². The quantitative estimate of drug-likeness (QED) is 0.518. The molecule has 0 fully saturated rings. The lowest BCUT2D eigenvalue weighted by Crippen LogP contribution is -2.31. The minimum atomic E-state index is -0.572. The van der Waals surface area contributed by atoms with E-state index in [9.17, 15) is 14.9 Å². The third-order valence-electron chi connectivity index (χ3n) is 4.22. The van der Waals surface area contributed by atoms with Crippen molar-refractivity contribution in [1.29, 1.82) is 0 Å². The minimum absolute atomic E-state index is 0.0200. The van der Waals surface area contributed by atoms with Crippen LogP contribution in [0.4, 0.5) is 5.69 Å². The highest BCUT2D eigenvalue weighted by Gasteiger charge is 2.18. The van der Waals surface area contributed by atoms with Crippen LogP contribution < -0.4 is 14.8 Å². The Bertz CT molecular complexity index is 818. The highest BCUT2D eigenvalue weighted by molar-refractivity contribution is 5.78. The molecule has 0 aliphatic carbocycles. The average Bonchev–Trinajstić information content (AvgIpc) is 2.66. The van der Waals surface area contributed by atoms with Gasteiger partial charge in [0.1, 0.15) is 5.75 Å². The molecule has 2 rings (SSSR count). The standard InChI is InChI=1S/C21H26N2O5/c1-14(2)11-16-5-7-17(8-6-16)15(3)22-21(24)13-28-20-10-9-18(27-4)12-19(20)23(25)26/h5-10,12,14-15H,11,13H2,1-4H3,(H,22,24). The van der Waals surface area contributed by atoms with Crippen LogP contribution in [0, 0.1) is 16.0 Å². The van der Waals surface area contributed by atoms with E-state index in [1.54, 1.807) is 6.07 Å². The second kappa shape index (κ2) is 9.73. The SMILES string of the molecule is COc1ccc(OCC(=O)NC(C)c2ccc(CC(C)C)cc2)c([N+](=O)[O-])c1. The van der Waals surface area contributed by atoms with Crippen molar-refractivity contribution in [2.75, 3.05) is 13.7 Å². The number of hydrogen-bond acceptors (Lipinski definition) is 5. The predicted octanol–water partition coefficient (Wildman–Crippen LogP) is 4.06. The zero-order valence-electron chi connectivity index (χ0n) is 16.6. The third-order valence-corrected chi connectivity index (χ3v) is 4.22. The van der Waals surface area contributed by atoms with Crippen LogP contribution in [0.15, 0.2) is 42.5 Å². The number of nitro benzene ring substituents is 1. The van der Waals surface area contributed by atoms with Crippen molar-refractivity contribution in [2.45, 2.75) is 33.2 Å². The van der Waals surface area contributed by atoms with Gasteiger partial charge in [0.25, 0.3) is 5.91 Å². The number of ether oxygens (including phenoxy) is 2. The first-order valence-electron chi connectivity index (χ1n) is 9.13. The summed E-state index contributed by atoms with van der Waals surface area (Å²) in [6, 6.07) is 12.1. The maximum Gasteiger partial charge on any atom is 0.314 e. The van der Waals surface area contributed by atoms with Gasteiger partial charge in [-0.15, -0.1) is 0 Å². The molecule has 1 N–H and O–H groups in total. The van der Waals surface area contributed by atoms with Gasteiger partial charge < -0.3 is 14.8 Å². The highest BCUT2D eigenvalue weighted by Crippen LogP contribution is 2.31. The van der Waals surface area contributed by atoms with E-state index in [2.05, 4.69) is 31.3 Å². The van der Waals surface area contributed by atoms with E-state index in [1.165, 1.54) is 24.8 Å². The Hall–Kier alpha value is -3.09. The third kappa shape index (κ3) is 5.97. The Balaban J connectivity index is 1.94. The molecular formula is C21H26N2O5. The molecule has 7 heteroatoms. The molecule has 0 spiro atoms. The highest BCUT2D eigenvalue weighted by atomic mass is 16.6. The van der Waals surface area contributed by atoms with Crippen LogP contribution in [-0.4, -0.2) is 24.5 Å². The van der Waals surface area contributed by atoms with Crippen molar-refractivity contribution in [3.8, 4) is 11.5 Å². The van der Waals surface area contributed by atoms with Gasteiger partial charge in [-0.3, -0.25) is 14.9 Å². The van der Waals surface area contributed by atoms with E-state index in [1.807, 2.05) is 19.1 Å². The molecule has 1 atom stereocenters. The summed E-state index contributed by atoms with van der Waals surface area (Å²) in [5.74, 6) is 0.593. The molecule has 2 aromatic rings. The lowest BCUT2D eigenvalue weighted by Gasteiger charge is -2.15. The normalized spacial score (nSPS) is 11.8. The Labute approximate surface area is 164 Å². The van der Waals surface area contributed by atoms with Crippen molar-refractivity contribution in [1.82, 2.24) is 5.32 Å². The number of rotatable bonds is 9. The first-order chi connectivity index (χ1) is 13.3. The molecule has 0 saturated heterocycles. The molecule has 1 unspecified atom stereocenters. The fourth-order valence-electron chi connectivity index (χ4n) is 2.81. The Morgan fingerprint density at radius 3 is 2.39 bits per heavy atom. The molecule has 0 aliphatic heterocycles. The number of nitrogens with zero attached hydrogens (tertiary/aromatic N) is 1. The summed E-state index contributed by atoms with van der Waals surface area (Å²) < 4.78 is 10.3. The Morgan fingerprint density at radius 1 is 1.14 bits per heavy atom. The molecule has 0 heterocycles. The van der Waals surface area contributed by atoms with Gasteiger partial charge in [-0.1, -0.05) is 38.1 Å². The summed E-state index contributed by atoms with van der Waals surface area (Å²) in [5, 5.41) is 14.0. The maximum absolute atomic E-state index is 12.2. The van der Waals surface area contributed by atoms with Gasteiger partial charge in [-0.2, -0.15) is 0 Å². The monoisotopic (exact) mass is 386 g/mol. The van der Waals surface area contributed by atoms with Crippen LogP contribution in [0.3, 0.4) is 0 Å². The van der Waals surface area contributed by atoms with Crippen molar-refractivity contribution < 1.29 is 19.2 Å². The molecule has 0 aliphatic rings. The second-order valence-electron chi connectivity index (χ2n) is 7.01. The fraction of sp³-hybridized carbons (Fsp3) is 0.381. The van der Waals surface area contributed by atoms with Gasteiger partial charge in [0.15, 0.2) is 12.4 Å². The van der Waals surface area contributed by atoms with Crippen LogP contribution in [0.5, 0.6) is 11.5 Å². The van der Waals surface area contributed by atoms with Crippen molar-refractivity contribution in [3.63, 3.8) is 0 Å². The lowest BCUT2D eigenvalue weighted by atomic mass is 10.00. The van der Waals surface area contributed by atoms with Gasteiger partial charge in [0, 0.05) is 0 Å². The van der Waals surface area contributed by atoms with Crippen molar-refractivity contribution in [3.05, 3.63) is 63.7 Å². The molecule has 28 heavy (non-hydrogen) atoms. The number of carbonyl (C=O) groups excluding carboxylic acids is 1. The molecule has 0 radical (unpaired) electrons. The van der Waals surface area contributed by atoms with E-state index in [4.69, 9.17) is 9.47 Å². The smallest absolute Gasteiger partial charge is 0.314 e. The van der Waals surface area contributed by atoms with E-state index in [-0.39, 0.29) is 30.0 Å². The minimum Gasteiger partial charge on any atom is -0.496 e.